The van der Waals surface area contributed by atoms with Crippen molar-refractivity contribution >= 4 is 18.3 Å². The molecule has 0 aromatic heterocycles. The van der Waals surface area contributed by atoms with Crippen LogP contribution in [0.3, 0.4) is 0 Å². The van der Waals surface area contributed by atoms with Crippen molar-refractivity contribution in [1.82, 2.24) is 20.9 Å². The third-order valence-electron chi connectivity index (χ3n) is 3.77. The summed E-state index contributed by atoms with van der Waals surface area (Å²) in [4.78, 5) is 35.8. The van der Waals surface area contributed by atoms with Crippen LogP contribution in [0, 0.1) is 0 Å². The molecular weight excluding hydrogens is 404 g/mol. The van der Waals surface area contributed by atoms with E-state index in [4.69, 9.17) is 9.47 Å². The van der Waals surface area contributed by atoms with Gasteiger partial charge in [-0.3, -0.25) is 0 Å². The molecule has 0 rings (SSSR count). The lowest BCUT2D eigenvalue weighted by molar-refractivity contribution is 0.0514. The lowest BCUT2D eigenvalue weighted by Gasteiger charge is -2.21. The Morgan fingerprint density at radius 2 is 1.16 bits per heavy atom. The number of rotatable bonds is 13. The van der Waals surface area contributed by atoms with Crippen molar-refractivity contribution in [1.29, 1.82) is 0 Å². The lowest BCUT2D eigenvalue weighted by atomic mass is 10.2. The van der Waals surface area contributed by atoms with Crippen LogP contribution in [0.4, 0.5) is 14.4 Å². The highest BCUT2D eigenvalue weighted by atomic mass is 16.6. The van der Waals surface area contributed by atoms with Gasteiger partial charge in [0.2, 0.25) is 0 Å². The molecule has 0 aliphatic carbocycles. The van der Waals surface area contributed by atoms with Crippen LogP contribution < -0.4 is 16.0 Å². The monoisotopic (exact) mass is 446 g/mol. The summed E-state index contributed by atoms with van der Waals surface area (Å²) >= 11 is 0. The van der Waals surface area contributed by atoms with Crippen molar-refractivity contribution in [2.24, 2.45) is 0 Å². The van der Waals surface area contributed by atoms with E-state index >= 15 is 0 Å². The Morgan fingerprint density at radius 3 is 1.65 bits per heavy atom. The average Bonchev–Trinajstić information content (AvgIpc) is 2.58. The maximum Gasteiger partial charge on any atom is 0.407 e. The molecule has 0 unspecified atom stereocenters. The zero-order valence-electron chi connectivity index (χ0n) is 20.0. The van der Waals surface area contributed by atoms with E-state index in [1.807, 2.05) is 20.8 Å². The Hall–Kier alpha value is -2.23. The van der Waals surface area contributed by atoms with Crippen molar-refractivity contribution in [3.8, 4) is 0 Å². The largest absolute Gasteiger partial charge is 0.465 e. The second-order valence-corrected chi connectivity index (χ2v) is 9.29. The number of hydrogen-bond donors (Lipinski definition) is 4. The minimum Gasteiger partial charge on any atom is -0.465 e. The molecule has 0 heterocycles. The van der Waals surface area contributed by atoms with Crippen LogP contribution in [0.2, 0.25) is 0 Å². The highest BCUT2D eigenvalue weighted by Gasteiger charge is 2.16. The second-order valence-electron chi connectivity index (χ2n) is 9.29. The predicted molar refractivity (Wildman–Crippen MR) is 119 cm³/mol. The van der Waals surface area contributed by atoms with Crippen molar-refractivity contribution in [2.45, 2.75) is 78.4 Å². The number of carbonyl (C=O) groups excluding carboxylic acids is 2. The van der Waals surface area contributed by atoms with E-state index in [0.29, 0.717) is 32.6 Å². The highest BCUT2D eigenvalue weighted by molar-refractivity contribution is 5.68. The van der Waals surface area contributed by atoms with Gasteiger partial charge in [-0.1, -0.05) is 0 Å². The van der Waals surface area contributed by atoms with Crippen LogP contribution in [0.1, 0.15) is 67.2 Å². The van der Waals surface area contributed by atoms with Crippen molar-refractivity contribution in [2.75, 3.05) is 39.3 Å². The standard InChI is InChI=1S/C21H42N4O6/c1-20(2,3)30-17(26)23-13-9-12-22-11-7-8-15-25(19(28)29)16-10-14-24-18(27)31-21(4,5)6/h22H,7-16H2,1-6H3,(H,23,26)(H,24,27)(H,28,29). The first kappa shape index (κ1) is 28.8. The van der Waals surface area contributed by atoms with E-state index in [0.717, 1.165) is 32.4 Å². The fourth-order valence-corrected chi connectivity index (χ4v) is 2.47. The molecule has 182 valence electrons. The van der Waals surface area contributed by atoms with Crippen LogP contribution in [0.5, 0.6) is 0 Å². The maximum atomic E-state index is 11.6. The van der Waals surface area contributed by atoms with E-state index in [1.54, 1.807) is 20.8 Å². The predicted octanol–water partition coefficient (Wildman–Crippen LogP) is 3.17. The van der Waals surface area contributed by atoms with Crippen LogP contribution in [-0.2, 0) is 9.47 Å². The van der Waals surface area contributed by atoms with E-state index in [-0.39, 0.29) is 0 Å². The van der Waals surface area contributed by atoms with Crippen LogP contribution in [0.25, 0.3) is 0 Å². The Morgan fingerprint density at radius 1 is 0.710 bits per heavy atom. The van der Waals surface area contributed by atoms with Crippen molar-refractivity contribution < 1.29 is 29.0 Å². The van der Waals surface area contributed by atoms with Crippen LogP contribution >= 0.6 is 0 Å². The van der Waals surface area contributed by atoms with Gasteiger partial charge in [0, 0.05) is 26.2 Å². The van der Waals surface area contributed by atoms with E-state index in [1.165, 1.54) is 4.90 Å². The number of carboxylic acid groups (broad SMARTS) is 1. The summed E-state index contributed by atoms with van der Waals surface area (Å²) in [6.07, 6.45) is 1.02. The number of hydrogen-bond acceptors (Lipinski definition) is 6. The fourth-order valence-electron chi connectivity index (χ4n) is 2.47. The molecule has 0 saturated carbocycles. The Labute approximate surface area is 186 Å². The molecule has 0 bridgehead atoms. The molecule has 0 atom stereocenters. The number of amides is 3. The summed E-state index contributed by atoms with van der Waals surface area (Å²) in [6, 6.07) is 0. The minimum absolute atomic E-state index is 0.356. The molecule has 0 saturated heterocycles. The maximum absolute atomic E-state index is 11.6. The molecule has 31 heavy (non-hydrogen) atoms. The van der Waals surface area contributed by atoms with E-state index in [9.17, 15) is 19.5 Å². The molecule has 0 fully saturated rings. The molecule has 0 spiro atoms. The summed E-state index contributed by atoms with van der Waals surface area (Å²) in [6.45, 7) is 14.1. The molecule has 10 heteroatoms. The third-order valence-corrected chi connectivity index (χ3v) is 3.77. The first-order valence-corrected chi connectivity index (χ1v) is 10.9. The highest BCUT2D eigenvalue weighted by Crippen LogP contribution is 2.07. The van der Waals surface area contributed by atoms with Gasteiger partial charge in [0.05, 0.1) is 0 Å². The first-order valence-electron chi connectivity index (χ1n) is 10.9. The molecular formula is C21H42N4O6. The molecule has 0 aromatic carbocycles. The Kier molecular flexibility index (Phi) is 13.7. The number of nitrogens with one attached hydrogen (secondary N) is 3. The van der Waals surface area contributed by atoms with Gasteiger partial charge in [-0.25, -0.2) is 14.4 Å². The summed E-state index contributed by atoms with van der Waals surface area (Å²) in [7, 11) is 0. The average molecular weight is 447 g/mol. The molecule has 0 radical (unpaired) electrons. The molecule has 4 N–H and O–H groups in total. The Bertz CT molecular complexity index is 543. The Balaban J connectivity index is 3.74. The normalized spacial score (nSPS) is 11.5. The minimum atomic E-state index is -0.960. The van der Waals surface area contributed by atoms with Gasteiger partial charge >= 0.3 is 18.3 Å². The quantitative estimate of drug-likeness (QED) is 0.320. The zero-order chi connectivity index (χ0) is 23.9. The van der Waals surface area contributed by atoms with Crippen molar-refractivity contribution in [3.05, 3.63) is 0 Å². The summed E-state index contributed by atoms with van der Waals surface area (Å²) in [5.74, 6) is 0. The van der Waals surface area contributed by atoms with Gasteiger partial charge < -0.3 is 35.4 Å². The zero-order valence-corrected chi connectivity index (χ0v) is 20.0. The van der Waals surface area contributed by atoms with Crippen LogP contribution in [-0.4, -0.2) is 78.8 Å². The smallest absolute Gasteiger partial charge is 0.407 e. The van der Waals surface area contributed by atoms with Gasteiger partial charge in [-0.2, -0.15) is 0 Å². The molecule has 0 aromatic rings. The summed E-state index contributed by atoms with van der Waals surface area (Å²) < 4.78 is 10.3. The topological polar surface area (TPSA) is 129 Å². The lowest BCUT2D eigenvalue weighted by Crippen LogP contribution is -2.36. The number of alkyl carbamates (subject to hydrolysis) is 2. The molecule has 10 nitrogen and oxygen atoms in total. The SMILES string of the molecule is CC(C)(C)OC(=O)NCCCNCCCCN(CCCNC(=O)OC(C)(C)C)C(=O)O. The van der Waals surface area contributed by atoms with Gasteiger partial charge in [0.1, 0.15) is 11.2 Å². The number of nitrogens with zero attached hydrogens (tertiary/aromatic N) is 1. The number of unbranched alkanes of at least 4 members (excludes halogenated alkanes) is 1. The summed E-state index contributed by atoms with van der Waals surface area (Å²) in [5, 5.41) is 17.9. The second kappa shape index (κ2) is 14.7. The first-order chi connectivity index (χ1) is 14.3. The fraction of sp³-hybridized carbons (Fsp3) is 0.857. The van der Waals surface area contributed by atoms with Gasteiger partial charge in [0.25, 0.3) is 0 Å². The van der Waals surface area contributed by atoms with Gasteiger partial charge in [-0.05, 0) is 80.3 Å². The molecule has 0 aliphatic heterocycles. The van der Waals surface area contributed by atoms with Gasteiger partial charge in [0.15, 0.2) is 0 Å². The van der Waals surface area contributed by atoms with Crippen molar-refractivity contribution in [3.63, 3.8) is 0 Å². The third kappa shape index (κ3) is 19.5. The van der Waals surface area contributed by atoms with E-state index < -0.39 is 29.5 Å². The summed E-state index contributed by atoms with van der Waals surface area (Å²) in [5.41, 5.74) is -1.05. The molecule has 3 amide bonds. The molecule has 0 aliphatic rings. The number of carbonyl (C=O) groups is 3. The number of ether oxygens (including phenoxy) is 2. The van der Waals surface area contributed by atoms with Crippen LogP contribution in [0.15, 0.2) is 0 Å². The van der Waals surface area contributed by atoms with E-state index in [2.05, 4.69) is 16.0 Å². The van der Waals surface area contributed by atoms with Gasteiger partial charge in [-0.15, -0.1) is 0 Å².